The van der Waals surface area contributed by atoms with Gasteiger partial charge >= 0.3 is 5.97 Å². The zero-order valence-corrected chi connectivity index (χ0v) is 16.0. The van der Waals surface area contributed by atoms with Gasteiger partial charge in [0.2, 0.25) is 11.8 Å². The van der Waals surface area contributed by atoms with E-state index in [1.54, 1.807) is 0 Å². The number of hydrogen-bond donors (Lipinski definition) is 1. The van der Waals surface area contributed by atoms with E-state index in [9.17, 15) is 23.6 Å². The molecule has 0 spiro atoms. The molecule has 0 saturated carbocycles. The number of carbonyl (C=O) groups excluding carboxylic acids is 4. The van der Waals surface area contributed by atoms with E-state index < -0.39 is 23.8 Å². The van der Waals surface area contributed by atoms with E-state index in [1.807, 2.05) is 0 Å². The monoisotopic (exact) mass is 418 g/mol. The van der Waals surface area contributed by atoms with Crippen LogP contribution in [0.1, 0.15) is 30.1 Å². The van der Waals surface area contributed by atoms with Crippen molar-refractivity contribution in [1.29, 1.82) is 0 Å². The number of benzene rings is 2. The van der Waals surface area contributed by atoms with E-state index in [0.29, 0.717) is 0 Å². The van der Waals surface area contributed by atoms with E-state index in [0.717, 1.165) is 11.0 Å². The van der Waals surface area contributed by atoms with Gasteiger partial charge in [-0.25, -0.2) is 9.18 Å². The molecule has 1 unspecified atom stereocenters. The van der Waals surface area contributed by atoms with Crippen LogP contribution in [0.15, 0.2) is 42.5 Å². The van der Waals surface area contributed by atoms with Gasteiger partial charge in [-0.15, -0.1) is 0 Å². The minimum atomic E-state index is -1.23. The average Bonchev–Trinajstić information content (AvgIpc) is 3.02. The molecule has 1 fully saturated rings. The second-order valence-electron chi connectivity index (χ2n) is 6.33. The molecule has 1 aliphatic rings. The molecular formula is C20H16ClFN2O5. The summed E-state index contributed by atoms with van der Waals surface area (Å²) in [6, 6.07) is 9.53. The molecule has 0 bridgehead atoms. The third-order valence-electron chi connectivity index (χ3n) is 4.23. The second-order valence-corrected chi connectivity index (χ2v) is 6.77. The van der Waals surface area contributed by atoms with E-state index in [-0.39, 0.29) is 46.6 Å². The van der Waals surface area contributed by atoms with Crippen molar-refractivity contribution in [3.8, 4) is 0 Å². The van der Waals surface area contributed by atoms with Gasteiger partial charge in [-0.1, -0.05) is 17.7 Å². The fourth-order valence-electron chi connectivity index (χ4n) is 2.74. The number of esters is 1. The molecule has 0 aromatic heterocycles. The maximum absolute atomic E-state index is 13.8. The van der Waals surface area contributed by atoms with Gasteiger partial charge in [-0.05, 0) is 43.3 Å². The summed E-state index contributed by atoms with van der Waals surface area (Å²) in [5.74, 6) is -2.99. The van der Waals surface area contributed by atoms with Crippen molar-refractivity contribution in [2.24, 2.45) is 0 Å². The molecule has 7 nitrogen and oxygen atoms in total. The van der Waals surface area contributed by atoms with Crippen LogP contribution in [0.4, 0.5) is 15.8 Å². The van der Waals surface area contributed by atoms with E-state index >= 15 is 0 Å². The predicted octanol–water partition coefficient (Wildman–Crippen LogP) is 3.32. The van der Waals surface area contributed by atoms with Crippen molar-refractivity contribution >= 4 is 46.7 Å². The van der Waals surface area contributed by atoms with Crippen LogP contribution >= 0.6 is 11.6 Å². The van der Waals surface area contributed by atoms with Crippen LogP contribution in [0.5, 0.6) is 0 Å². The lowest BCUT2D eigenvalue weighted by molar-refractivity contribution is -0.124. The van der Waals surface area contributed by atoms with Gasteiger partial charge in [-0.3, -0.25) is 19.3 Å². The Balaban J connectivity index is 1.68. The first-order chi connectivity index (χ1) is 13.8. The lowest BCUT2D eigenvalue weighted by Crippen LogP contribution is -2.31. The van der Waals surface area contributed by atoms with Gasteiger partial charge in [0.25, 0.3) is 5.91 Å². The second kappa shape index (κ2) is 8.40. The van der Waals surface area contributed by atoms with Gasteiger partial charge in [0.15, 0.2) is 6.10 Å². The lowest BCUT2D eigenvalue weighted by atomic mass is 10.2. The van der Waals surface area contributed by atoms with E-state index in [1.165, 1.54) is 43.3 Å². The Labute approximate surface area is 170 Å². The summed E-state index contributed by atoms with van der Waals surface area (Å²) in [5, 5.41) is 2.49. The van der Waals surface area contributed by atoms with E-state index in [4.69, 9.17) is 16.3 Å². The highest BCUT2D eigenvalue weighted by atomic mass is 35.5. The van der Waals surface area contributed by atoms with E-state index in [2.05, 4.69) is 5.32 Å². The van der Waals surface area contributed by atoms with Crippen LogP contribution in [0.25, 0.3) is 0 Å². The largest absolute Gasteiger partial charge is 0.449 e. The quantitative estimate of drug-likeness (QED) is 0.594. The topological polar surface area (TPSA) is 92.8 Å². The molecular weight excluding hydrogens is 403 g/mol. The van der Waals surface area contributed by atoms with Gasteiger partial charge in [0.1, 0.15) is 5.82 Å². The Morgan fingerprint density at radius 1 is 1.14 bits per heavy atom. The molecule has 2 aromatic carbocycles. The minimum absolute atomic E-state index is 0.0623. The molecule has 9 heteroatoms. The summed E-state index contributed by atoms with van der Waals surface area (Å²) >= 11 is 5.66. The van der Waals surface area contributed by atoms with Crippen LogP contribution in [0.2, 0.25) is 5.02 Å². The summed E-state index contributed by atoms with van der Waals surface area (Å²) < 4.78 is 18.9. The number of amides is 3. The first kappa shape index (κ1) is 20.5. The van der Waals surface area contributed by atoms with Crippen molar-refractivity contribution in [3.63, 3.8) is 0 Å². The summed E-state index contributed by atoms with van der Waals surface area (Å²) in [5.41, 5.74) is 0.218. The molecule has 0 aliphatic carbocycles. The lowest BCUT2D eigenvalue weighted by Gasteiger charge is -2.16. The van der Waals surface area contributed by atoms with Gasteiger partial charge in [0.05, 0.1) is 16.9 Å². The van der Waals surface area contributed by atoms with Crippen LogP contribution in [-0.2, 0) is 19.1 Å². The third-order valence-corrected chi connectivity index (χ3v) is 4.47. The third kappa shape index (κ3) is 4.60. The average molecular weight is 419 g/mol. The number of halogens is 2. The number of hydrogen-bond acceptors (Lipinski definition) is 5. The molecule has 3 rings (SSSR count). The van der Waals surface area contributed by atoms with Crippen molar-refractivity contribution in [3.05, 3.63) is 58.9 Å². The molecule has 1 N–H and O–H groups in total. The Morgan fingerprint density at radius 2 is 1.83 bits per heavy atom. The first-order valence-electron chi connectivity index (χ1n) is 8.69. The Morgan fingerprint density at radius 3 is 2.48 bits per heavy atom. The molecule has 29 heavy (non-hydrogen) atoms. The van der Waals surface area contributed by atoms with Gasteiger partial charge < -0.3 is 10.1 Å². The van der Waals surface area contributed by atoms with Crippen LogP contribution in [-0.4, -0.2) is 29.8 Å². The summed E-state index contributed by atoms with van der Waals surface area (Å²) in [6.45, 7) is 1.33. The summed E-state index contributed by atoms with van der Waals surface area (Å²) in [4.78, 5) is 49.3. The highest BCUT2D eigenvalue weighted by Crippen LogP contribution is 2.24. The SMILES string of the molecule is CC(OC(=O)c1cccc(N2C(=O)CCC2=O)c1)C(=O)Nc1ccc(Cl)cc1F. The number of ether oxygens (including phenoxy) is 1. The highest BCUT2D eigenvalue weighted by molar-refractivity contribution is 6.30. The fraction of sp³-hybridized carbons (Fsp3) is 0.200. The molecule has 150 valence electrons. The Bertz CT molecular complexity index is 994. The number of nitrogens with one attached hydrogen (secondary N) is 1. The Kier molecular flexibility index (Phi) is 5.93. The first-order valence-corrected chi connectivity index (χ1v) is 9.07. The molecule has 1 saturated heterocycles. The van der Waals surface area contributed by atoms with Crippen LogP contribution in [0.3, 0.4) is 0 Å². The van der Waals surface area contributed by atoms with Crippen LogP contribution in [0, 0.1) is 5.82 Å². The molecule has 0 radical (unpaired) electrons. The number of nitrogens with zero attached hydrogens (tertiary/aromatic N) is 1. The number of carbonyl (C=O) groups is 4. The zero-order chi connectivity index (χ0) is 21.1. The standard InChI is InChI=1S/C20H16ClFN2O5/c1-11(19(27)23-16-6-5-13(21)10-15(16)22)29-20(28)12-3-2-4-14(9-12)24-17(25)7-8-18(24)26/h2-6,9-11H,7-8H2,1H3,(H,23,27). The molecule has 1 atom stereocenters. The Hall–Kier alpha value is -3.26. The molecule has 3 amide bonds. The molecule has 1 heterocycles. The highest BCUT2D eigenvalue weighted by Gasteiger charge is 2.31. The zero-order valence-electron chi connectivity index (χ0n) is 15.3. The maximum Gasteiger partial charge on any atom is 0.338 e. The van der Waals surface area contributed by atoms with Crippen LogP contribution < -0.4 is 10.2 Å². The smallest absolute Gasteiger partial charge is 0.338 e. The number of imide groups is 1. The van der Waals surface area contributed by atoms with Gasteiger partial charge in [0, 0.05) is 17.9 Å². The minimum Gasteiger partial charge on any atom is -0.449 e. The van der Waals surface area contributed by atoms with Gasteiger partial charge in [-0.2, -0.15) is 0 Å². The predicted molar refractivity (Wildman–Crippen MR) is 103 cm³/mol. The summed E-state index contributed by atoms with van der Waals surface area (Å²) in [6.07, 6.45) is -0.992. The molecule has 2 aromatic rings. The van der Waals surface area contributed by atoms with Crippen molar-refractivity contribution in [1.82, 2.24) is 0 Å². The normalized spacial score (nSPS) is 14.7. The van der Waals surface area contributed by atoms with Crippen molar-refractivity contribution in [2.45, 2.75) is 25.9 Å². The fourth-order valence-corrected chi connectivity index (χ4v) is 2.90. The molecule has 1 aliphatic heterocycles. The maximum atomic E-state index is 13.8. The number of rotatable bonds is 5. The van der Waals surface area contributed by atoms with Crippen molar-refractivity contribution in [2.75, 3.05) is 10.2 Å². The summed E-state index contributed by atoms with van der Waals surface area (Å²) in [7, 11) is 0. The van der Waals surface area contributed by atoms with Crippen molar-refractivity contribution < 1.29 is 28.3 Å². The number of anilines is 2.